The lowest BCUT2D eigenvalue weighted by Crippen LogP contribution is -2.36. The minimum absolute atomic E-state index is 0.0697. The summed E-state index contributed by atoms with van der Waals surface area (Å²) in [4.78, 5) is 32.6. The predicted octanol–water partition coefficient (Wildman–Crippen LogP) is 5.26. The molecular weight excluding hydrogens is 398 g/mol. The number of carbonyl (C=O) groups excluding carboxylic acids is 1. The number of nitrogens with zero attached hydrogens (tertiary/aromatic N) is 3. The third-order valence-corrected chi connectivity index (χ3v) is 5.66. The Morgan fingerprint density at radius 2 is 1.90 bits per heavy atom. The van der Waals surface area contributed by atoms with E-state index in [0.29, 0.717) is 34.7 Å². The summed E-state index contributed by atoms with van der Waals surface area (Å²) >= 11 is 6.12. The minimum atomic E-state index is -0.361. The first-order valence-corrected chi connectivity index (χ1v) is 10.8. The highest BCUT2D eigenvalue weighted by Crippen LogP contribution is 2.24. The smallest absolute Gasteiger partial charge is 0.261 e. The predicted molar refractivity (Wildman–Crippen MR) is 122 cm³/mol. The van der Waals surface area contributed by atoms with E-state index >= 15 is 0 Å². The van der Waals surface area contributed by atoms with Gasteiger partial charge in [-0.1, -0.05) is 61.7 Å². The normalized spacial score (nSPS) is 12.1. The maximum atomic E-state index is 13.1. The van der Waals surface area contributed by atoms with Crippen LogP contribution in [0.25, 0.3) is 10.9 Å². The fourth-order valence-corrected chi connectivity index (χ4v) is 3.83. The molecule has 0 radical (unpaired) electrons. The van der Waals surface area contributed by atoms with Crippen molar-refractivity contribution in [2.75, 3.05) is 0 Å². The Morgan fingerprint density at radius 3 is 2.60 bits per heavy atom. The Kier molecular flexibility index (Phi) is 7.27. The molecule has 0 aliphatic carbocycles. The maximum Gasteiger partial charge on any atom is 0.261 e. The third kappa shape index (κ3) is 4.90. The van der Waals surface area contributed by atoms with E-state index in [1.807, 2.05) is 42.2 Å². The van der Waals surface area contributed by atoms with Crippen LogP contribution >= 0.6 is 11.6 Å². The van der Waals surface area contributed by atoms with Crippen LogP contribution < -0.4 is 5.56 Å². The van der Waals surface area contributed by atoms with Crippen molar-refractivity contribution < 1.29 is 4.79 Å². The summed E-state index contributed by atoms with van der Waals surface area (Å²) in [5.74, 6) is 0.620. The number of aromatic nitrogens is 2. The molecule has 5 nitrogen and oxygen atoms in total. The molecule has 1 amide bonds. The van der Waals surface area contributed by atoms with Gasteiger partial charge in [0.25, 0.3) is 5.56 Å². The molecule has 3 rings (SSSR count). The van der Waals surface area contributed by atoms with E-state index in [1.165, 1.54) is 4.57 Å². The summed E-state index contributed by atoms with van der Waals surface area (Å²) in [6.07, 6.45) is 3.42. The van der Waals surface area contributed by atoms with Crippen molar-refractivity contribution in [2.45, 2.75) is 52.1 Å². The Bertz CT molecular complexity index is 1080. The van der Waals surface area contributed by atoms with Gasteiger partial charge >= 0.3 is 0 Å². The Balaban J connectivity index is 2.00. The number of amides is 1. The van der Waals surface area contributed by atoms with Crippen LogP contribution in [0.5, 0.6) is 0 Å². The number of hydrogen-bond donors (Lipinski definition) is 0. The second-order valence-corrected chi connectivity index (χ2v) is 8.07. The lowest BCUT2D eigenvalue weighted by Gasteiger charge is -2.30. The molecule has 0 spiro atoms. The quantitative estimate of drug-likeness (QED) is 0.463. The Morgan fingerprint density at radius 1 is 1.17 bits per heavy atom. The number of hydrogen-bond acceptors (Lipinski definition) is 3. The molecule has 2 aromatic carbocycles. The number of rotatable bonds is 8. The van der Waals surface area contributed by atoms with E-state index < -0.39 is 0 Å². The van der Waals surface area contributed by atoms with Gasteiger partial charge in [0.2, 0.25) is 5.91 Å². The van der Waals surface area contributed by atoms with Crippen LogP contribution in [0.1, 0.15) is 57.0 Å². The zero-order valence-corrected chi connectivity index (χ0v) is 18.5. The molecule has 158 valence electrons. The summed E-state index contributed by atoms with van der Waals surface area (Å²) in [6, 6.07) is 14.6. The molecule has 1 heterocycles. The van der Waals surface area contributed by atoms with Crippen molar-refractivity contribution in [3.8, 4) is 0 Å². The fraction of sp³-hybridized carbons (Fsp3) is 0.375. The van der Waals surface area contributed by atoms with Crippen LogP contribution in [-0.2, 0) is 18.4 Å². The van der Waals surface area contributed by atoms with Crippen molar-refractivity contribution >= 4 is 28.4 Å². The second-order valence-electron chi connectivity index (χ2n) is 7.64. The van der Waals surface area contributed by atoms with E-state index in [1.54, 1.807) is 25.2 Å². The molecule has 3 aromatic rings. The van der Waals surface area contributed by atoms with Crippen LogP contribution in [0.15, 0.2) is 53.3 Å². The molecule has 0 N–H and O–H groups in total. The number of fused-ring (bicyclic) bond motifs is 1. The number of unbranched alkanes of at least 4 members (excludes halogenated alkanes) is 2. The number of carbonyl (C=O) groups is 1. The summed E-state index contributed by atoms with van der Waals surface area (Å²) < 4.78 is 1.54. The van der Waals surface area contributed by atoms with Gasteiger partial charge in [-0.3, -0.25) is 14.2 Å². The number of benzene rings is 2. The topological polar surface area (TPSA) is 55.2 Å². The zero-order chi connectivity index (χ0) is 21.7. The summed E-state index contributed by atoms with van der Waals surface area (Å²) in [6.45, 7) is 4.52. The average molecular weight is 426 g/mol. The van der Waals surface area contributed by atoms with Crippen molar-refractivity contribution in [3.63, 3.8) is 0 Å². The van der Waals surface area contributed by atoms with E-state index in [9.17, 15) is 9.59 Å². The van der Waals surface area contributed by atoms with E-state index in [-0.39, 0.29) is 17.5 Å². The van der Waals surface area contributed by atoms with Crippen molar-refractivity contribution in [1.29, 1.82) is 0 Å². The molecule has 30 heavy (non-hydrogen) atoms. The summed E-state index contributed by atoms with van der Waals surface area (Å²) in [5.41, 5.74) is 1.45. The Hall–Kier alpha value is -2.66. The second kappa shape index (κ2) is 9.90. The molecule has 0 aliphatic heterocycles. The molecule has 0 bridgehead atoms. The summed E-state index contributed by atoms with van der Waals surface area (Å²) in [7, 11) is 1.71. The van der Waals surface area contributed by atoms with Crippen LogP contribution in [0.4, 0.5) is 0 Å². The molecule has 1 aromatic heterocycles. The zero-order valence-electron chi connectivity index (χ0n) is 17.8. The van der Waals surface area contributed by atoms with Gasteiger partial charge in [0, 0.05) is 25.0 Å². The van der Waals surface area contributed by atoms with Gasteiger partial charge in [0.05, 0.1) is 16.9 Å². The minimum Gasteiger partial charge on any atom is -0.328 e. The highest BCUT2D eigenvalue weighted by molar-refractivity contribution is 6.31. The lowest BCUT2D eigenvalue weighted by molar-refractivity contribution is -0.134. The van der Waals surface area contributed by atoms with E-state index in [0.717, 1.165) is 24.8 Å². The standard InChI is InChI=1S/C24H28ClN3O2/c1-4-5-7-12-22(29)28(16-18-10-8-6-9-11-18)17(2)23-26-21-15-19(25)13-14-20(21)24(30)27(23)3/h6,8-11,13-15,17H,4-5,7,12,16H2,1-3H3/t17-/m0/s1. The molecule has 0 saturated carbocycles. The maximum absolute atomic E-state index is 13.1. The average Bonchev–Trinajstić information content (AvgIpc) is 2.74. The number of halogens is 1. The van der Waals surface area contributed by atoms with Gasteiger partial charge < -0.3 is 4.90 Å². The molecule has 6 heteroatoms. The van der Waals surface area contributed by atoms with E-state index in [2.05, 4.69) is 6.92 Å². The molecule has 1 atom stereocenters. The fourth-order valence-electron chi connectivity index (χ4n) is 3.67. The first-order valence-electron chi connectivity index (χ1n) is 10.4. The van der Waals surface area contributed by atoms with Crippen LogP contribution in [-0.4, -0.2) is 20.4 Å². The van der Waals surface area contributed by atoms with Gasteiger partial charge in [-0.05, 0) is 37.1 Å². The lowest BCUT2D eigenvalue weighted by atomic mass is 10.1. The first kappa shape index (κ1) is 22.0. The van der Waals surface area contributed by atoms with Gasteiger partial charge in [0.15, 0.2) is 0 Å². The first-order chi connectivity index (χ1) is 14.4. The summed E-state index contributed by atoms with van der Waals surface area (Å²) in [5, 5.41) is 1.04. The van der Waals surface area contributed by atoms with Crippen molar-refractivity contribution in [3.05, 3.63) is 75.3 Å². The third-order valence-electron chi connectivity index (χ3n) is 5.42. The largest absolute Gasteiger partial charge is 0.328 e. The molecule has 0 saturated heterocycles. The molecule has 0 aliphatic rings. The van der Waals surface area contributed by atoms with Gasteiger partial charge in [-0.2, -0.15) is 0 Å². The Labute approximate surface area is 182 Å². The van der Waals surface area contributed by atoms with Crippen LogP contribution in [0.3, 0.4) is 0 Å². The molecule has 0 unspecified atom stereocenters. The molecular formula is C24H28ClN3O2. The van der Waals surface area contributed by atoms with E-state index in [4.69, 9.17) is 16.6 Å². The van der Waals surface area contributed by atoms with Gasteiger partial charge in [-0.25, -0.2) is 4.98 Å². The van der Waals surface area contributed by atoms with Crippen molar-refractivity contribution in [2.24, 2.45) is 7.05 Å². The molecule has 0 fully saturated rings. The van der Waals surface area contributed by atoms with Crippen LogP contribution in [0.2, 0.25) is 5.02 Å². The van der Waals surface area contributed by atoms with Gasteiger partial charge in [0.1, 0.15) is 5.82 Å². The monoisotopic (exact) mass is 425 g/mol. The van der Waals surface area contributed by atoms with Crippen molar-refractivity contribution in [1.82, 2.24) is 14.5 Å². The highest BCUT2D eigenvalue weighted by atomic mass is 35.5. The highest BCUT2D eigenvalue weighted by Gasteiger charge is 2.25. The SMILES string of the molecule is CCCCCC(=O)N(Cc1ccccc1)[C@@H](C)c1nc2cc(Cl)ccc2c(=O)n1C. The van der Waals surface area contributed by atoms with Gasteiger partial charge in [-0.15, -0.1) is 0 Å². The van der Waals surface area contributed by atoms with Crippen LogP contribution in [0, 0.1) is 0 Å².